The summed E-state index contributed by atoms with van der Waals surface area (Å²) in [5, 5.41) is 9.13. The molecular weight excluding hydrogens is 246 g/mol. The lowest BCUT2D eigenvalue weighted by atomic mass is 10.0. The number of aryl methyl sites for hydroxylation is 1. The number of aromatic nitrogens is 1. The fourth-order valence-corrected chi connectivity index (χ4v) is 2.81. The van der Waals surface area contributed by atoms with E-state index in [1.807, 2.05) is 12.1 Å². The van der Waals surface area contributed by atoms with Gasteiger partial charge in [0.15, 0.2) is 0 Å². The van der Waals surface area contributed by atoms with Crippen molar-refractivity contribution in [2.45, 2.75) is 25.9 Å². The van der Waals surface area contributed by atoms with E-state index in [9.17, 15) is 0 Å². The number of hydrogen-bond acceptors (Lipinski definition) is 3. The van der Waals surface area contributed by atoms with Crippen LogP contribution >= 0.6 is 0 Å². The summed E-state index contributed by atoms with van der Waals surface area (Å²) < 4.78 is 0. The first kappa shape index (κ1) is 12.8. The maximum absolute atomic E-state index is 9.13. The molecule has 1 aromatic carbocycles. The van der Waals surface area contributed by atoms with Crippen molar-refractivity contribution in [3.05, 3.63) is 65.0 Å². The van der Waals surface area contributed by atoms with Crippen LogP contribution in [0.15, 0.2) is 42.6 Å². The van der Waals surface area contributed by atoms with Gasteiger partial charge in [-0.2, -0.15) is 5.26 Å². The number of rotatable bonds is 2. The zero-order valence-corrected chi connectivity index (χ0v) is 11.4. The van der Waals surface area contributed by atoms with Crippen LogP contribution in [0.1, 0.15) is 28.8 Å². The summed E-state index contributed by atoms with van der Waals surface area (Å²) in [5.41, 5.74) is 4.44. The van der Waals surface area contributed by atoms with E-state index < -0.39 is 0 Å². The predicted molar refractivity (Wildman–Crippen MR) is 77.8 cm³/mol. The fraction of sp³-hybridized carbons (Fsp3) is 0.294. The minimum atomic E-state index is 0.546. The lowest BCUT2D eigenvalue weighted by Crippen LogP contribution is -2.23. The largest absolute Gasteiger partial charge is 0.295 e. The minimum Gasteiger partial charge on any atom is -0.295 e. The van der Waals surface area contributed by atoms with Crippen LogP contribution in [-0.2, 0) is 19.5 Å². The summed E-state index contributed by atoms with van der Waals surface area (Å²) >= 11 is 0. The van der Waals surface area contributed by atoms with Crippen molar-refractivity contribution in [3.8, 4) is 6.07 Å². The van der Waals surface area contributed by atoms with E-state index in [0.29, 0.717) is 5.69 Å². The highest BCUT2D eigenvalue weighted by Gasteiger charge is 2.15. The molecule has 3 rings (SSSR count). The van der Waals surface area contributed by atoms with Crippen molar-refractivity contribution in [2.75, 3.05) is 6.54 Å². The number of fused-ring (bicyclic) bond motifs is 1. The van der Waals surface area contributed by atoms with Gasteiger partial charge in [-0.1, -0.05) is 30.3 Å². The predicted octanol–water partition coefficient (Wildman–Crippen LogP) is 2.90. The zero-order valence-electron chi connectivity index (χ0n) is 11.4. The van der Waals surface area contributed by atoms with Crippen molar-refractivity contribution in [1.29, 1.82) is 5.26 Å². The first-order chi connectivity index (χ1) is 9.86. The molecule has 2 aromatic rings. The highest BCUT2D eigenvalue weighted by Crippen LogP contribution is 2.20. The second-order valence-electron chi connectivity index (χ2n) is 5.21. The molecule has 0 atom stereocenters. The summed E-state index contributed by atoms with van der Waals surface area (Å²) in [6.45, 7) is 2.81. The first-order valence-corrected chi connectivity index (χ1v) is 7.00. The summed E-state index contributed by atoms with van der Waals surface area (Å²) in [4.78, 5) is 6.55. The van der Waals surface area contributed by atoms with Crippen molar-refractivity contribution in [1.82, 2.24) is 9.88 Å². The van der Waals surface area contributed by atoms with Gasteiger partial charge >= 0.3 is 0 Å². The molecule has 100 valence electrons. The lowest BCUT2D eigenvalue weighted by molar-refractivity contribution is 0.260. The topological polar surface area (TPSA) is 39.9 Å². The molecule has 0 spiro atoms. The van der Waals surface area contributed by atoms with Gasteiger partial charge in [0, 0.05) is 24.8 Å². The van der Waals surface area contributed by atoms with Crippen molar-refractivity contribution < 1.29 is 0 Å². The molecule has 2 heterocycles. The molecule has 0 radical (unpaired) electrons. The number of benzene rings is 1. The molecule has 0 unspecified atom stereocenters. The Bertz CT molecular complexity index is 643. The molecule has 3 heteroatoms. The molecule has 0 N–H and O–H groups in total. The average molecular weight is 263 g/mol. The minimum absolute atomic E-state index is 0.546. The third-order valence-electron chi connectivity index (χ3n) is 3.82. The molecule has 0 saturated carbocycles. The molecule has 3 nitrogen and oxygen atoms in total. The number of nitrogens with zero attached hydrogens (tertiary/aromatic N) is 3. The third-order valence-corrected chi connectivity index (χ3v) is 3.82. The van der Waals surface area contributed by atoms with E-state index in [1.165, 1.54) is 17.5 Å². The van der Waals surface area contributed by atoms with Gasteiger partial charge in [-0.3, -0.25) is 4.90 Å². The van der Waals surface area contributed by atoms with Crippen LogP contribution < -0.4 is 0 Å². The molecule has 0 saturated heterocycles. The van der Waals surface area contributed by atoms with Crippen LogP contribution in [0, 0.1) is 11.3 Å². The van der Waals surface area contributed by atoms with Gasteiger partial charge in [-0.25, -0.2) is 4.98 Å². The molecule has 1 aliphatic rings. The SMILES string of the molecule is N#Cc1ncccc1CN1CCCc2ccccc2C1. The summed E-state index contributed by atoms with van der Waals surface area (Å²) in [7, 11) is 0. The quantitative estimate of drug-likeness (QED) is 0.836. The van der Waals surface area contributed by atoms with Crippen LogP contribution in [0.4, 0.5) is 0 Å². The summed E-state index contributed by atoms with van der Waals surface area (Å²) in [5.74, 6) is 0. The maximum atomic E-state index is 9.13. The van der Waals surface area contributed by atoms with Gasteiger partial charge in [0.05, 0.1) is 0 Å². The average Bonchev–Trinajstić information content (AvgIpc) is 2.69. The van der Waals surface area contributed by atoms with Crippen molar-refractivity contribution in [3.63, 3.8) is 0 Å². The standard InChI is InChI=1S/C17H17N3/c18-11-17-16(7-3-9-19-17)13-20-10-4-8-14-5-1-2-6-15(14)12-20/h1-3,5-7,9H,4,8,10,12-13H2. The highest BCUT2D eigenvalue weighted by atomic mass is 15.1. The molecule has 1 aliphatic heterocycles. The molecule has 0 fully saturated rings. The Kier molecular flexibility index (Phi) is 3.76. The highest BCUT2D eigenvalue weighted by molar-refractivity contribution is 5.31. The number of pyridine rings is 1. The Morgan fingerprint density at radius 1 is 1.15 bits per heavy atom. The van der Waals surface area contributed by atoms with Gasteiger partial charge < -0.3 is 0 Å². The molecule has 0 aliphatic carbocycles. The van der Waals surface area contributed by atoms with Gasteiger partial charge in [0.1, 0.15) is 11.8 Å². The smallest absolute Gasteiger partial charge is 0.144 e. The van der Waals surface area contributed by atoms with Crippen LogP contribution in [0.2, 0.25) is 0 Å². The van der Waals surface area contributed by atoms with E-state index in [0.717, 1.165) is 31.6 Å². The van der Waals surface area contributed by atoms with Crippen LogP contribution in [-0.4, -0.2) is 16.4 Å². The molecular formula is C17H17N3. The zero-order chi connectivity index (χ0) is 13.8. The van der Waals surface area contributed by atoms with E-state index in [2.05, 4.69) is 40.2 Å². The molecule has 0 bridgehead atoms. The molecule has 1 aromatic heterocycles. The van der Waals surface area contributed by atoms with Gasteiger partial charge in [0.2, 0.25) is 0 Å². The van der Waals surface area contributed by atoms with Gasteiger partial charge in [-0.05, 0) is 36.6 Å². The summed E-state index contributed by atoms with van der Waals surface area (Å²) in [6.07, 6.45) is 3.99. The molecule has 20 heavy (non-hydrogen) atoms. The Morgan fingerprint density at radius 2 is 2.00 bits per heavy atom. The van der Waals surface area contributed by atoms with Crippen molar-refractivity contribution >= 4 is 0 Å². The van der Waals surface area contributed by atoms with Crippen LogP contribution in [0.3, 0.4) is 0 Å². The number of hydrogen-bond donors (Lipinski definition) is 0. The Balaban J connectivity index is 1.80. The van der Waals surface area contributed by atoms with Crippen LogP contribution in [0.25, 0.3) is 0 Å². The Hall–Kier alpha value is -2.18. The van der Waals surface area contributed by atoms with E-state index in [1.54, 1.807) is 6.20 Å². The second kappa shape index (κ2) is 5.85. The third kappa shape index (κ3) is 2.71. The maximum Gasteiger partial charge on any atom is 0.144 e. The monoisotopic (exact) mass is 263 g/mol. The van der Waals surface area contributed by atoms with E-state index in [-0.39, 0.29) is 0 Å². The van der Waals surface area contributed by atoms with Crippen LogP contribution in [0.5, 0.6) is 0 Å². The van der Waals surface area contributed by atoms with E-state index >= 15 is 0 Å². The van der Waals surface area contributed by atoms with E-state index in [4.69, 9.17) is 5.26 Å². The lowest BCUT2D eigenvalue weighted by Gasteiger charge is -2.20. The number of nitriles is 1. The van der Waals surface area contributed by atoms with Crippen molar-refractivity contribution in [2.24, 2.45) is 0 Å². The Morgan fingerprint density at radius 3 is 2.85 bits per heavy atom. The second-order valence-corrected chi connectivity index (χ2v) is 5.21. The molecule has 0 amide bonds. The summed E-state index contributed by atoms with van der Waals surface area (Å²) in [6, 6.07) is 14.7. The fourth-order valence-electron chi connectivity index (χ4n) is 2.81. The van der Waals surface area contributed by atoms with Gasteiger partial charge in [-0.15, -0.1) is 0 Å². The normalized spacial score (nSPS) is 15.2. The Labute approximate surface area is 119 Å². The first-order valence-electron chi connectivity index (χ1n) is 7.00. The van der Waals surface area contributed by atoms with Gasteiger partial charge in [0.25, 0.3) is 0 Å².